The fourth-order valence-electron chi connectivity index (χ4n) is 2.08. The van der Waals surface area contributed by atoms with Crippen molar-refractivity contribution in [1.29, 1.82) is 0 Å². The molecule has 1 unspecified atom stereocenters. The smallest absolute Gasteiger partial charge is 0.326 e. The van der Waals surface area contributed by atoms with Crippen LogP contribution in [0, 0.1) is 11.7 Å². The number of benzene rings is 1. The number of carboxylic acids is 1. The van der Waals surface area contributed by atoms with Gasteiger partial charge in [0.15, 0.2) is 11.5 Å². The van der Waals surface area contributed by atoms with E-state index in [1.807, 2.05) is 13.8 Å². The maximum atomic E-state index is 14.0. The minimum absolute atomic E-state index is 0.0333. The fraction of sp³-hybridized carbons (Fsp3) is 0.333. The molecule has 0 aliphatic carbocycles. The number of rotatable bonds is 6. The highest BCUT2D eigenvalue weighted by molar-refractivity contribution is 6.30. The normalized spacial score (nSPS) is 12.2. The van der Waals surface area contributed by atoms with Crippen LogP contribution in [0.5, 0.6) is 0 Å². The van der Waals surface area contributed by atoms with Gasteiger partial charge in [0.1, 0.15) is 11.7 Å². The zero-order valence-electron chi connectivity index (χ0n) is 13.0. The van der Waals surface area contributed by atoms with Crippen LogP contribution in [0.15, 0.2) is 24.4 Å². The molecule has 9 heteroatoms. The van der Waals surface area contributed by atoms with Crippen molar-refractivity contribution < 1.29 is 19.1 Å². The molecule has 2 rings (SSSR count). The third-order valence-corrected chi connectivity index (χ3v) is 3.51. The lowest BCUT2D eigenvalue weighted by molar-refractivity contribution is -0.139. The summed E-state index contributed by atoms with van der Waals surface area (Å²) in [7, 11) is 0. The topological polar surface area (TPSA) is 97.1 Å². The molecule has 1 heterocycles. The third-order valence-electron chi connectivity index (χ3n) is 3.21. The van der Waals surface area contributed by atoms with Crippen LogP contribution in [0.1, 0.15) is 30.8 Å². The largest absolute Gasteiger partial charge is 0.480 e. The summed E-state index contributed by atoms with van der Waals surface area (Å²) in [6.45, 7) is 3.70. The van der Waals surface area contributed by atoms with Crippen LogP contribution < -0.4 is 5.32 Å². The lowest BCUT2D eigenvalue weighted by Crippen LogP contribution is -2.41. The Balaban J connectivity index is 2.19. The SMILES string of the molecule is CC(C)CC(NC(=O)c1cn(-c2cccc(Cl)c2F)nn1)C(=O)O. The van der Waals surface area contributed by atoms with Crippen molar-refractivity contribution >= 4 is 23.5 Å². The quantitative estimate of drug-likeness (QED) is 0.829. The molecule has 0 fully saturated rings. The first-order valence-corrected chi connectivity index (χ1v) is 7.57. The zero-order valence-corrected chi connectivity index (χ0v) is 13.8. The number of nitrogens with zero attached hydrogens (tertiary/aromatic N) is 3. The summed E-state index contributed by atoms with van der Waals surface area (Å²) in [5.41, 5.74) is -0.0876. The van der Waals surface area contributed by atoms with Crippen LogP contribution >= 0.6 is 11.6 Å². The number of nitrogens with one attached hydrogen (secondary N) is 1. The maximum Gasteiger partial charge on any atom is 0.326 e. The zero-order chi connectivity index (χ0) is 17.9. The van der Waals surface area contributed by atoms with Gasteiger partial charge in [-0.1, -0.05) is 36.7 Å². The van der Waals surface area contributed by atoms with Crippen molar-refractivity contribution in [2.45, 2.75) is 26.3 Å². The molecule has 0 spiro atoms. The third kappa shape index (κ3) is 4.08. The summed E-state index contributed by atoms with van der Waals surface area (Å²) < 4.78 is 15.0. The first kappa shape index (κ1) is 17.9. The van der Waals surface area contributed by atoms with Gasteiger partial charge in [0.05, 0.1) is 11.2 Å². The fourth-order valence-corrected chi connectivity index (χ4v) is 2.25. The van der Waals surface area contributed by atoms with Crippen molar-refractivity contribution in [3.05, 3.63) is 40.9 Å². The van der Waals surface area contributed by atoms with Gasteiger partial charge in [0.2, 0.25) is 0 Å². The standard InChI is InChI=1S/C15H16ClFN4O3/c1-8(2)6-10(15(23)24)18-14(22)11-7-21(20-19-11)12-5-3-4-9(16)13(12)17/h3-5,7-8,10H,6H2,1-2H3,(H,18,22)(H,23,24). The molecular weight excluding hydrogens is 339 g/mol. The van der Waals surface area contributed by atoms with Gasteiger partial charge in [-0.25, -0.2) is 13.9 Å². The number of aromatic nitrogens is 3. The van der Waals surface area contributed by atoms with Gasteiger partial charge < -0.3 is 10.4 Å². The summed E-state index contributed by atoms with van der Waals surface area (Å²) in [6.07, 6.45) is 1.48. The number of aliphatic carboxylic acids is 1. The van der Waals surface area contributed by atoms with Crippen LogP contribution in [-0.2, 0) is 4.79 Å². The Morgan fingerprint density at radius 3 is 2.75 bits per heavy atom. The van der Waals surface area contributed by atoms with Gasteiger partial charge in [-0.15, -0.1) is 5.10 Å². The molecule has 1 aromatic heterocycles. The number of carboxylic acid groups (broad SMARTS) is 1. The molecular formula is C15H16ClFN4O3. The van der Waals surface area contributed by atoms with Gasteiger partial charge in [-0.3, -0.25) is 4.79 Å². The van der Waals surface area contributed by atoms with E-state index in [1.54, 1.807) is 0 Å². The Morgan fingerprint density at radius 1 is 1.42 bits per heavy atom. The molecule has 24 heavy (non-hydrogen) atoms. The summed E-state index contributed by atoms with van der Waals surface area (Å²) in [5, 5.41) is 18.8. The molecule has 0 saturated heterocycles. The van der Waals surface area contributed by atoms with Gasteiger partial charge in [-0.05, 0) is 24.5 Å². The van der Waals surface area contributed by atoms with E-state index in [9.17, 15) is 14.0 Å². The van der Waals surface area contributed by atoms with E-state index in [-0.39, 0.29) is 28.7 Å². The molecule has 2 aromatic rings. The lowest BCUT2D eigenvalue weighted by Gasteiger charge is -2.15. The van der Waals surface area contributed by atoms with Gasteiger partial charge >= 0.3 is 5.97 Å². The second-order valence-electron chi connectivity index (χ2n) is 5.62. The van der Waals surface area contributed by atoms with Crippen LogP contribution in [0.25, 0.3) is 5.69 Å². The lowest BCUT2D eigenvalue weighted by atomic mass is 10.0. The molecule has 0 bridgehead atoms. The number of carbonyl (C=O) groups excluding carboxylic acids is 1. The Bertz CT molecular complexity index is 763. The average Bonchev–Trinajstić information content (AvgIpc) is 2.98. The number of hydrogen-bond donors (Lipinski definition) is 2. The van der Waals surface area contributed by atoms with Crippen molar-refractivity contribution in [2.75, 3.05) is 0 Å². The Hall–Kier alpha value is -2.48. The van der Waals surface area contributed by atoms with Crippen LogP contribution in [0.3, 0.4) is 0 Å². The first-order valence-electron chi connectivity index (χ1n) is 7.20. The van der Waals surface area contributed by atoms with E-state index in [4.69, 9.17) is 16.7 Å². The molecule has 1 amide bonds. The monoisotopic (exact) mass is 354 g/mol. The minimum Gasteiger partial charge on any atom is -0.480 e. The number of amides is 1. The molecule has 2 N–H and O–H groups in total. The van der Waals surface area contributed by atoms with E-state index < -0.39 is 23.7 Å². The van der Waals surface area contributed by atoms with Crippen LogP contribution in [0.2, 0.25) is 5.02 Å². The Kier molecular flexibility index (Phi) is 5.50. The summed E-state index contributed by atoms with van der Waals surface area (Å²) in [6, 6.07) is 3.31. The predicted molar refractivity (Wildman–Crippen MR) is 84.7 cm³/mol. The minimum atomic E-state index is -1.13. The molecule has 0 saturated carbocycles. The first-order chi connectivity index (χ1) is 11.3. The van der Waals surface area contributed by atoms with Crippen LogP contribution in [0.4, 0.5) is 4.39 Å². The Labute approximate surface area is 142 Å². The van der Waals surface area contributed by atoms with Crippen molar-refractivity contribution in [3.63, 3.8) is 0 Å². The van der Waals surface area contributed by atoms with Gasteiger partial charge in [0.25, 0.3) is 5.91 Å². The van der Waals surface area contributed by atoms with Crippen LogP contribution in [-0.4, -0.2) is 38.0 Å². The van der Waals surface area contributed by atoms with E-state index in [1.165, 1.54) is 24.4 Å². The van der Waals surface area contributed by atoms with E-state index in [2.05, 4.69) is 15.6 Å². The molecule has 1 atom stereocenters. The van der Waals surface area contributed by atoms with E-state index in [0.717, 1.165) is 4.68 Å². The second kappa shape index (κ2) is 7.39. The molecule has 128 valence electrons. The molecule has 0 aliphatic heterocycles. The Morgan fingerprint density at radius 2 is 2.12 bits per heavy atom. The highest BCUT2D eigenvalue weighted by Crippen LogP contribution is 2.20. The molecule has 1 aromatic carbocycles. The summed E-state index contributed by atoms with van der Waals surface area (Å²) >= 11 is 5.70. The molecule has 7 nitrogen and oxygen atoms in total. The molecule has 0 aliphatic rings. The number of carbonyl (C=O) groups is 2. The number of halogens is 2. The van der Waals surface area contributed by atoms with Crippen molar-refractivity contribution in [1.82, 2.24) is 20.3 Å². The average molecular weight is 355 g/mol. The van der Waals surface area contributed by atoms with Gasteiger partial charge in [-0.2, -0.15) is 0 Å². The molecule has 0 radical (unpaired) electrons. The summed E-state index contributed by atoms with van der Waals surface area (Å²) in [5.74, 6) is -2.44. The second-order valence-corrected chi connectivity index (χ2v) is 6.02. The van der Waals surface area contributed by atoms with E-state index >= 15 is 0 Å². The summed E-state index contributed by atoms with van der Waals surface area (Å²) in [4.78, 5) is 23.3. The highest BCUT2D eigenvalue weighted by atomic mass is 35.5. The van der Waals surface area contributed by atoms with E-state index in [0.29, 0.717) is 0 Å². The predicted octanol–water partition coefficient (Wildman–Crippen LogP) is 2.29. The van der Waals surface area contributed by atoms with Gasteiger partial charge in [0, 0.05) is 0 Å². The highest BCUT2D eigenvalue weighted by Gasteiger charge is 2.23. The van der Waals surface area contributed by atoms with Crippen molar-refractivity contribution in [3.8, 4) is 5.69 Å². The number of hydrogen-bond acceptors (Lipinski definition) is 4. The maximum absolute atomic E-state index is 14.0. The van der Waals surface area contributed by atoms with Crippen molar-refractivity contribution in [2.24, 2.45) is 5.92 Å².